The third kappa shape index (κ3) is 7.79. The summed E-state index contributed by atoms with van der Waals surface area (Å²) in [4.78, 5) is 0. The van der Waals surface area contributed by atoms with Crippen molar-refractivity contribution in [3.8, 4) is 0 Å². The maximum atomic E-state index is 5.45. The first kappa shape index (κ1) is 15.9. The van der Waals surface area contributed by atoms with Gasteiger partial charge >= 0.3 is 6.01 Å². The molecule has 0 aliphatic heterocycles. The van der Waals surface area contributed by atoms with Crippen molar-refractivity contribution in [2.45, 2.75) is 39.7 Å². The van der Waals surface area contributed by atoms with E-state index < -0.39 is 0 Å². The molecule has 1 rings (SSSR count). The molecule has 0 aliphatic rings. The Morgan fingerprint density at radius 1 is 1.21 bits per heavy atom. The van der Waals surface area contributed by atoms with Gasteiger partial charge in [-0.05, 0) is 12.3 Å². The first-order chi connectivity index (χ1) is 9.22. The zero-order valence-corrected chi connectivity index (χ0v) is 12.2. The lowest BCUT2D eigenvalue weighted by atomic mass is 10.1. The normalized spacial score (nSPS) is 11.2. The third-order valence-electron chi connectivity index (χ3n) is 2.71. The average molecular weight is 270 g/mol. The van der Waals surface area contributed by atoms with Gasteiger partial charge in [-0.1, -0.05) is 31.8 Å². The molecule has 0 bridgehead atoms. The Bertz CT molecular complexity index is 328. The van der Waals surface area contributed by atoms with Crippen molar-refractivity contribution in [1.82, 2.24) is 15.5 Å². The van der Waals surface area contributed by atoms with Crippen molar-refractivity contribution in [2.75, 3.05) is 32.1 Å². The predicted molar refractivity (Wildman–Crippen MR) is 75.1 cm³/mol. The van der Waals surface area contributed by atoms with E-state index in [0.717, 1.165) is 25.4 Å². The molecule has 0 fully saturated rings. The highest BCUT2D eigenvalue weighted by atomic mass is 16.5. The molecule has 2 N–H and O–H groups in total. The van der Waals surface area contributed by atoms with E-state index in [1.54, 1.807) is 7.11 Å². The van der Waals surface area contributed by atoms with Gasteiger partial charge in [-0.15, -0.1) is 5.10 Å². The van der Waals surface area contributed by atoms with Crippen LogP contribution in [0.4, 0.5) is 6.01 Å². The average Bonchev–Trinajstić information content (AvgIpc) is 2.82. The van der Waals surface area contributed by atoms with Crippen LogP contribution >= 0.6 is 0 Å². The molecular weight excluding hydrogens is 244 g/mol. The fourth-order valence-corrected chi connectivity index (χ4v) is 1.64. The number of hydrogen-bond donors (Lipinski definition) is 2. The molecule has 19 heavy (non-hydrogen) atoms. The standard InChI is InChI=1S/C13H26N4O2/c1-11(2)6-4-5-7-15-13-17-16-12(19-13)10-14-8-9-18-3/h11,14H,4-10H2,1-3H3,(H,15,17). The molecule has 1 aromatic rings. The monoisotopic (exact) mass is 270 g/mol. The van der Waals surface area contributed by atoms with Crippen molar-refractivity contribution < 1.29 is 9.15 Å². The van der Waals surface area contributed by atoms with Gasteiger partial charge in [0.25, 0.3) is 0 Å². The molecule has 0 atom stereocenters. The van der Waals surface area contributed by atoms with Crippen LogP contribution in [0.15, 0.2) is 4.42 Å². The van der Waals surface area contributed by atoms with Gasteiger partial charge in [-0.2, -0.15) is 0 Å². The SMILES string of the molecule is COCCNCc1nnc(NCCCCC(C)C)o1. The van der Waals surface area contributed by atoms with Crippen LogP contribution in [0.25, 0.3) is 0 Å². The number of unbranched alkanes of at least 4 members (excludes halogenated alkanes) is 1. The summed E-state index contributed by atoms with van der Waals surface area (Å²) in [7, 11) is 1.68. The van der Waals surface area contributed by atoms with Crippen molar-refractivity contribution in [3.05, 3.63) is 5.89 Å². The zero-order valence-electron chi connectivity index (χ0n) is 12.2. The van der Waals surface area contributed by atoms with E-state index in [9.17, 15) is 0 Å². The predicted octanol–water partition coefficient (Wildman–Crippen LogP) is 2.04. The summed E-state index contributed by atoms with van der Waals surface area (Å²) < 4.78 is 10.4. The minimum Gasteiger partial charge on any atom is -0.407 e. The number of nitrogens with zero attached hydrogens (tertiary/aromatic N) is 2. The summed E-state index contributed by atoms with van der Waals surface area (Å²) in [6.45, 7) is 7.39. The Kier molecular flexibility index (Phi) is 8.16. The molecule has 0 aromatic carbocycles. The topological polar surface area (TPSA) is 72.2 Å². The molecule has 0 saturated heterocycles. The number of ether oxygens (including phenoxy) is 1. The van der Waals surface area contributed by atoms with Crippen molar-refractivity contribution in [1.29, 1.82) is 0 Å². The second-order valence-corrected chi connectivity index (χ2v) is 4.99. The van der Waals surface area contributed by atoms with Gasteiger partial charge in [0, 0.05) is 20.2 Å². The first-order valence-electron chi connectivity index (χ1n) is 6.98. The highest BCUT2D eigenvalue weighted by molar-refractivity contribution is 5.16. The second-order valence-electron chi connectivity index (χ2n) is 4.99. The summed E-state index contributed by atoms with van der Waals surface area (Å²) in [5.74, 6) is 1.37. The van der Waals surface area contributed by atoms with Crippen molar-refractivity contribution >= 4 is 6.01 Å². The molecular formula is C13H26N4O2. The summed E-state index contributed by atoms with van der Waals surface area (Å²) in [5, 5.41) is 14.2. The molecule has 1 aromatic heterocycles. The van der Waals surface area contributed by atoms with Gasteiger partial charge in [0.1, 0.15) is 0 Å². The molecule has 0 saturated carbocycles. The van der Waals surface area contributed by atoms with E-state index in [1.165, 1.54) is 12.8 Å². The fourth-order valence-electron chi connectivity index (χ4n) is 1.64. The molecule has 6 nitrogen and oxygen atoms in total. The maximum Gasteiger partial charge on any atom is 0.315 e. The molecule has 0 spiro atoms. The molecule has 0 aliphatic carbocycles. The number of methoxy groups -OCH3 is 1. The lowest BCUT2D eigenvalue weighted by Gasteiger charge is -2.04. The highest BCUT2D eigenvalue weighted by Gasteiger charge is 2.04. The Morgan fingerprint density at radius 3 is 2.79 bits per heavy atom. The van der Waals surface area contributed by atoms with E-state index in [1.807, 2.05) is 0 Å². The van der Waals surface area contributed by atoms with Crippen LogP contribution in [0.2, 0.25) is 0 Å². The largest absolute Gasteiger partial charge is 0.407 e. The number of anilines is 1. The van der Waals surface area contributed by atoms with E-state index in [-0.39, 0.29) is 0 Å². The van der Waals surface area contributed by atoms with E-state index >= 15 is 0 Å². The molecule has 0 amide bonds. The second kappa shape index (κ2) is 9.75. The molecule has 0 unspecified atom stereocenters. The summed E-state index contributed by atoms with van der Waals surface area (Å²) >= 11 is 0. The Morgan fingerprint density at radius 2 is 2.05 bits per heavy atom. The zero-order chi connectivity index (χ0) is 13.9. The third-order valence-corrected chi connectivity index (χ3v) is 2.71. The number of nitrogens with one attached hydrogen (secondary N) is 2. The first-order valence-corrected chi connectivity index (χ1v) is 6.98. The van der Waals surface area contributed by atoms with Crippen LogP contribution in [-0.4, -0.2) is 37.0 Å². The van der Waals surface area contributed by atoms with Gasteiger partial charge in [0.15, 0.2) is 0 Å². The van der Waals surface area contributed by atoms with Crippen LogP contribution in [-0.2, 0) is 11.3 Å². The fraction of sp³-hybridized carbons (Fsp3) is 0.846. The minimum absolute atomic E-state index is 0.507. The summed E-state index contributed by atoms with van der Waals surface area (Å²) in [6, 6.07) is 0.507. The van der Waals surface area contributed by atoms with Gasteiger partial charge < -0.3 is 19.8 Å². The Hall–Kier alpha value is -1.14. The Labute approximate surface area is 115 Å². The highest BCUT2D eigenvalue weighted by Crippen LogP contribution is 2.08. The minimum atomic E-state index is 0.507. The summed E-state index contributed by atoms with van der Waals surface area (Å²) in [5.41, 5.74) is 0. The quantitative estimate of drug-likeness (QED) is 0.600. The van der Waals surface area contributed by atoms with Crippen molar-refractivity contribution in [2.24, 2.45) is 5.92 Å². The van der Waals surface area contributed by atoms with Gasteiger partial charge in [0.05, 0.1) is 13.2 Å². The van der Waals surface area contributed by atoms with Crippen LogP contribution < -0.4 is 10.6 Å². The van der Waals surface area contributed by atoms with Gasteiger partial charge in [-0.25, -0.2) is 0 Å². The smallest absolute Gasteiger partial charge is 0.315 e. The van der Waals surface area contributed by atoms with Gasteiger partial charge in [-0.3, -0.25) is 0 Å². The van der Waals surface area contributed by atoms with E-state index in [2.05, 4.69) is 34.7 Å². The number of aromatic nitrogens is 2. The van der Waals surface area contributed by atoms with Crippen molar-refractivity contribution in [3.63, 3.8) is 0 Å². The maximum absolute atomic E-state index is 5.45. The van der Waals surface area contributed by atoms with Crippen LogP contribution in [0.3, 0.4) is 0 Å². The van der Waals surface area contributed by atoms with Crippen LogP contribution in [0.1, 0.15) is 39.0 Å². The van der Waals surface area contributed by atoms with E-state index in [4.69, 9.17) is 9.15 Å². The molecule has 0 radical (unpaired) electrons. The number of rotatable bonds is 11. The molecule has 6 heteroatoms. The lowest BCUT2D eigenvalue weighted by Crippen LogP contribution is -2.18. The van der Waals surface area contributed by atoms with Crippen LogP contribution in [0.5, 0.6) is 0 Å². The molecule has 110 valence electrons. The van der Waals surface area contributed by atoms with Crippen LogP contribution in [0, 0.1) is 5.92 Å². The Balaban J connectivity index is 2.09. The lowest BCUT2D eigenvalue weighted by molar-refractivity contribution is 0.198. The van der Waals surface area contributed by atoms with Gasteiger partial charge in [0.2, 0.25) is 5.89 Å². The number of hydrogen-bond acceptors (Lipinski definition) is 6. The van der Waals surface area contributed by atoms with E-state index in [0.29, 0.717) is 25.1 Å². The summed E-state index contributed by atoms with van der Waals surface area (Å²) in [6.07, 6.45) is 3.62. The molecule has 1 heterocycles.